The number of hydrogen-bond donors (Lipinski definition) is 1. The lowest BCUT2D eigenvalue weighted by Gasteiger charge is -2.08. The van der Waals surface area contributed by atoms with Crippen molar-refractivity contribution in [3.8, 4) is 5.69 Å². The highest BCUT2D eigenvalue weighted by Gasteiger charge is 2.16. The van der Waals surface area contributed by atoms with E-state index < -0.39 is 10.8 Å². The molecule has 3 aromatic carbocycles. The summed E-state index contributed by atoms with van der Waals surface area (Å²) in [5, 5.41) is 23.5. The van der Waals surface area contributed by atoms with E-state index in [1.807, 2.05) is 13.0 Å². The minimum Gasteiger partial charge on any atom is -0.322 e. The molecular formula is C21H16ClN5O3. The van der Waals surface area contributed by atoms with Gasteiger partial charge in [-0.25, -0.2) is 0 Å². The van der Waals surface area contributed by atoms with Crippen LogP contribution in [-0.4, -0.2) is 25.8 Å². The maximum atomic E-state index is 12.7. The molecule has 0 aliphatic heterocycles. The summed E-state index contributed by atoms with van der Waals surface area (Å²) in [7, 11) is 0. The van der Waals surface area contributed by atoms with Gasteiger partial charge in [-0.15, -0.1) is 10.2 Å². The Bertz CT molecular complexity index is 1300. The van der Waals surface area contributed by atoms with E-state index >= 15 is 0 Å². The Hall–Kier alpha value is -3.78. The van der Waals surface area contributed by atoms with Crippen LogP contribution in [0.3, 0.4) is 0 Å². The van der Waals surface area contributed by atoms with Crippen molar-refractivity contribution in [2.75, 3.05) is 5.32 Å². The average Bonchev–Trinajstić information content (AvgIpc) is 3.11. The SMILES string of the molecule is Cc1cc2nn(-c3ccc(Cl)cc3)nc2cc1NC(=O)c1ccc(C)c([N+](=O)[O-])c1. The normalized spacial score (nSPS) is 10.9. The van der Waals surface area contributed by atoms with Crippen LogP contribution in [0, 0.1) is 24.0 Å². The van der Waals surface area contributed by atoms with Crippen LogP contribution in [0.5, 0.6) is 0 Å². The lowest BCUT2D eigenvalue weighted by molar-refractivity contribution is -0.385. The Morgan fingerprint density at radius 1 is 1.00 bits per heavy atom. The number of aromatic nitrogens is 3. The van der Waals surface area contributed by atoms with E-state index in [4.69, 9.17) is 11.6 Å². The lowest BCUT2D eigenvalue weighted by atomic mass is 10.1. The molecule has 0 unspecified atom stereocenters. The largest absolute Gasteiger partial charge is 0.322 e. The minimum atomic E-state index is -0.501. The van der Waals surface area contributed by atoms with Gasteiger partial charge in [0, 0.05) is 27.9 Å². The molecule has 1 amide bonds. The highest BCUT2D eigenvalue weighted by atomic mass is 35.5. The van der Waals surface area contributed by atoms with E-state index in [1.165, 1.54) is 10.9 Å². The maximum Gasteiger partial charge on any atom is 0.273 e. The van der Waals surface area contributed by atoms with Crippen LogP contribution in [0.15, 0.2) is 54.6 Å². The molecule has 0 radical (unpaired) electrons. The van der Waals surface area contributed by atoms with Gasteiger partial charge >= 0.3 is 0 Å². The van der Waals surface area contributed by atoms with Crippen molar-refractivity contribution in [1.82, 2.24) is 15.0 Å². The second kappa shape index (κ2) is 7.57. The Morgan fingerprint density at radius 2 is 1.67 bits per heavy atom. The van der Waals surface area contributed by atoms with Gasteiger partial charge in [0.1, 0.15) is 11.0 Å². The van der Waals surface area contributed by atoms with Gasteiger partial charge in [-0.2, -0.15) is 4.80 Å². The molecule has 8 nitrogen and oxygen atoms in total. The van der Waals surface area contributed by atoms with Gasteiger partial charge in [0.2, 0.25) is 0 Å². The fraction of sp³-hybridized carbons (Fsp3) is 0.0952. The van der Waals surface area contributed by atoms with Crippen LogP contribution in [-0.2, 0) is 0 Å². The fourth-order valence-electron chi connectivity index (χ4n) is 3.03. The van der Waals surface area contributed by atoms with Crippen molar-refractivity contribution in [2.24, 2.45) is 0 Å². The molecule has 9 heteroatoms. The van der Waals surface area contributed by atoms with E-state index in [2.05, 4.69) is 15.5 Å². The average molecular weight is 422 g/mol. The van der Waals surface area contributed by atoms with Crippen molar-refractivity contribution in [1.29, 1.82) is 0 Å². The van der Waals surface area contributed by atoms with E-state index in [9.17, 15) is 14.9 Å². The summed E-state index contributed by atoms with van der Waals surface area (Å²) in [6.07, 6.45) is 0. The molecule has 0 aliphatic carbocycles. The van der Waals surface area contributed by atoms with Crippen molar-refractivity contribution in [2.45, 2.75) is 13.8 Å². The molecule has 30 heavy (non-hydrogen) atoms. The summed E-state index contributed by atoms with van der Waals surface area (Å²) >= 11 is 5.93. The topological polar surface area (TPSA) is 103 Å². The molecule has 1 aromatic heterocycles. The molecule has 0 atom stereocenters. The number of hydrogen-bond acceptors (Lipinski definition) is 5. The van der Waals surface area contributed by atoms with Crippen LogP contribution in [0.4, 0.5) is 11.4 Å². The zero-order chi connectivity index (χ0) is 21.4. The quantitative estimate of drug-likeness (QED) is 0.374. The second-order valence-electron chi connectivity index (χ2n) is 6.83. The lowest BCUT2D eigenvalue weighted by Crippen LogP contribution is -2.13. The summed E-state index contributed by atoms with van der Waals surface area (Å²) < 4.78 is 0. The maximum absolute atomic E-state index is 12.7. The number of carbonyl (C=O) groups excluding carboxylic acids is 1. The molecule has 0 saturated carbocycles. The minimum absolute atomic E-state index is 0.0965. The Balaban J connectivity index is 1.65. The molecule has 150 valence electrons. The molecule has 0 spiro atoms. The number of nitrogens with zero attached hydrogens (tertiary/aromatic N) is 4. The third-order valence-corrected chi connectivity index (χ3v) is 4.95. The van der Waals surface area contributed by atoms with Crippen molar-refractivity contribution >= 4 is 39.9 Å². The first-order valence-electron chi connectivity index (χ1n) is 9.02. The zero-order valence-electron chi connectivity index (χ0n) is 16.1. The molecule has 0 fully saturated rings. The molecule has 0 saturated heterocycles. The number of nitro benzene ring substituents is 1. The van der Waals surface area contributed by atoms with Gasteiger partial charge < -0.3 is 5.32 Å². The number of anilines is 1. The van der Waals surface area contributed by atoms with Gasteiger partial charge in [0.05, 0.1) is 10.6 Å². The Morgan fingerprint density at radius 3 is 2.33 bits per heavy atom. The summed E-state index contributed by atoms with van der Waals surface area (Å²) in [5.74, 6) is -0.439. The first kappa shape index (κ1) is 19.5. The van der Waals surface area contributed by atoms with Gasteiger partial charge in [-0.3, -0.25) is 14.9 Å². The molecule has 1 N–H and O–H groups in total. The van der Waals surface area contributed by atoms with Crippen LogP contribution < -0.4 is 5.32 Å². The Labute approximate surface area is 176 Å². The van der Waals surface area contributed by atoms with Crippen LogP contribution >= 0.6 is 11.6 Å². The molecule has 0 aliphatic rings. The van der Waals surface area contributed by atoms with E-state index in [-0.39, 0.29) is 11.3 Å². The second-order valence-corrected chi connectivity index (χ2v) is 7.27. The molecule has 1 heterocycles. The number of nitro groups is 1. The number of carbonyl (C=O) groups is 1. The van der Waals surface area contributed by atoms with Crippen molar-refractivity contribution in [3.05, 3.63) is 86.4 Å². The summed E-state index contributed by atoms with van der Waals surface area (Å²) in [6, 6.07) is 15.1. The Kier molecular flexibility index (Phi) is 4.93. The highest BCUT2D eigenvalue weighted by Crippen LogP contribution is 2.24. The fourth-order valence-corrected chi connectivity index (χ4v) is 3.16. The third-order valence-electron chi connectivity index (χ3n) is 4.70. The highest BCUT2D eigenvalue weighted by molar-refractivity contribution is 6.30. The van der Waals surface area contributed by atoms with Gasteiger partial charge in [0.25, 0.3) is 11.6 Å². The summed E-state index contributed by atoms with van der Waals surface area (Å²) in [5.41, 5.74) is 3.97. The summed E-state index contributed by atoms with van der Waals surface area (Å²) in [4.78, 5) is 24.8. The first-order valence-corrected chi connectivity index (χ1v) is 9.39. The standard InChI is InChI=1S/C21H16ClN5O3/c1-12-3-4-14(10-20(12)27(29)30)21(28)23-17-11-19-18(9-13(17)2)24-26(25-19)16-7-5-15(22)6-8-16/h3-11H,1-2H3,(H,23,28). The van der Waals surface area contributed by atoms with Gasteiger partial charge in [-0.05, 0) is 61.9 Å². The number of halogens is 1. The molecular weight excluding hydrogens is 406 g/mol. The first-order chi connectivity index (χ1) is 14.3. The van der Waals surface area contributed by atoms with E-state index in [1.54, 1.807) is 49.4 Å². The number of amides is 1. The van der Waals surface area contributed by atoms with Crippen LogP contribution in [0.2, 0.25) is 5.02 Å². The van der Waals surface area contributed by atoms with Gasteiger partial charge in [-0.1, -0.05) is 17.7 Å². The zero-order valence-corrected chi connectivity index (χ0v) is 16.8. The van der Waals surface area contributed by atoms with Crippen LogP contribution in [0.1, 0.15) is 21.5 Å². The molecule has 4 aromatic rings. The van der Waals surface area contributed by atoms with Crippen molar-refractivity contribution in [3.63, 3.8) is 0 Å². The number of aryl methyl sites for hydroxylation is 2. The summed E-state index contributed by atoms with van der Waals surface area (Å²) in [6.45, 7) is 3.47. The predicted molar refractivity (Wildman–Crippen MR) is 114 cm³/mol. The molecule has 0 bridgehead atoms. The molecule has 4 rings (SSSR count). The number of benzene rings is 3. The van der Waals surface area contributed by atoms with Crippen molar-refractivity contribution < 1.29 is 9.72 Å². The van der Waals surface area contributed by atoms with Crippen LogP contribution in [0.25, 0.3) is 16.7 Å². The monoisotopic (exact) mass is 421 g/mol. The number of fused-ring (bicyclic) bond motifs is 1. The number of rotatable bonds is 4. The van der Waals surface area contributed by atoms with E-state index in [0.29, 0.717) is 27.3 Å². The van der Waals surface area contributed by atoms with Gasteiger partial charge in [0.15, 0.2) is 0 Å². The smallest absolute Gasteiger partial charge is 0.273 e. The van der Waals surface area contributed by atoms with E-state index in [0.717, 1.165) is 11.3 Å². The number of nitrogens with one attached hydrogen (secondary N) is 1. The predicted octanol–water partition coefficient (Wildman–Crippen LogP) is 4.85. The third kappa shape index (κ3) is 3.72.